The zero-order valence-corrected chi connectivity index (χ0v) is 22.4. The van der Waals surface area contributed by atoms with Crippen molar-refractivity contribution in [3.8, 4) is 22.3 Å². The zero-order valence-electron chi connectivity index (χ0n) is 21.6. The van der Waals surface area contributed by atoms with Crippen LogP contribution in [0.5, 0.6) is 0 Å². The number of anilines is 1. The summed E-state index contributed by atoms with van der Waals surface area (Å²) in [7, 11) is -3.65. The molecule has 2 aliphatic rings. The van der Waals surface area contributed by atoms with Crippen LogP contribution in [0.1, 0.15) is 12.8 Å². The molecule has 0 bridgehead atoms. The normalized spacial score (nSPS) is 17.9. The number of hydrogen-bond donors (Lipinski definition) is 1. The predicted molar refractivity (Wildman–Crippen MR) is 151 cm³/mol. The summed E-state index contributed by atoms with van der Waals surface area (Å²) in [6, 6.07) is 34.8. The van der Waals surface area contributed by atoms with Gasteiger partial charge < -0.3 is 4.74 Å². The lowest BCUT2D eigenvalue weighted by atomic mass is 10.0. The highest BCUT2D eigenvalue weighted by molar-refractivity contribution is 7.89. The number of hydrazine groups is 1. The molecule has 0 atom stereocenters. The van der Waals surface area contributed by atoms with Crippen LogP contribution in [-0.4, -0.2) is 54.9 Å². The third-order valence-electron chi connectivity index (χ3n) is 7.68. The Balaban J connectivity index is 1.14. The van der Waals surface area contributed by atoms with Crippen LogP contribution >= 0.6 is 0 Å². The van der Waals surface area contributed by atoms with Crippen LogP contribution in [0.3, 0.4) is 0 Å². The van der Waals surface area contributed by atoms with Gasteiger partial charge in [-0.2, -0.15) is 14.5 Å². The quantitative estimate of drug-likeness (QED) is 0.318. The maximum absolute atomic E-state index is 13.4. The molecule has 2 saturated heterocycles. The Morgan fingerprint density at radius 1 is 0.667 bits per heavy atom. The van der Waals surface area contributed by atoms with Gasteiger partial charge in [-0.1, -0.05) is 84.9 Å². The molecule has 2 heterocycles. The standard InChI is InChI=1S/C31H31N3O4S/c35-34(29-15-11-27(12-16-29)25-7-3-1-4-8-25)33-23-24-38-31(33)19-21-32(22-20-31)39(36,37)30-17-13-28(14-18-30)26-9-5-2-6-10-26/h1-18,35H,19-24H2. The van der Waals surface area contributed by atoms with Gasteiger partial charge in [-0.25, -0.2) is 8.42 Å². The van der Waals surface area contributed by atoms with Crippen LogP contribution in [0.4, 0.5) is 5.69 Å². The Morgan fingerprint density at radius 3 is 1.69 bits per heavy atom. The van der Waals surface area contributed by atoms with Crippen molar-refractivity contribution in [1.29, 1.82) is 0 Å². The molecular formula is C31H31N3O4S. The van der Waals surface area contributed by atoms with Gasteiger partial charge in [-0.15, -0.1) is 0 Å². The van der Waals surface area contributed by atoms with Gasteiger partial charge in [-0.05, 0) is 46.5 Å². The van der Waals surface area contributed by atoms with Gasteiger partial charge in [0.1, 0.15) is 5.72 Å². The average Bonchev–Trinajstić information content (AvgIpc) is 3.40. The molecule has 2 aliphatic heterocycles. The molecule has 0 aliphatic carbocycles. The molecule has 6 rings (SSSR count). The van der Waals surface area contributed by atoms with Gasteiger partial charge in [-0.3, -0.25) is 5.21 Å². The third-order valence-corrected chi connectivity index (χ3v) is 9.59. The maximum atomic E-state index is 13.4. The van der Waals surface area contributed by atoms with Crippen molar-refractivity contribution in [3.63, 3.8) is 0 Å². The highest BCUT2D eigenvalue weighted by atomic mass is 32.2. The molecule has 1 spiro atoms. The van der Waals surface area contributed by atoms with E-state index in [-0.39, 0.29) is 4.90 Å². The van der Waals surface area contributed by atoms with Gasteiger partial charge >= 0.3 is 0 Å². The summed E-state index contributed by atoms with van der Waals surface area (Å²) < 4.78 is 34.6. The molecule has 200 valence electrons. The van der Waals surface area contributed by atoms with Crippen molar-refractivity contribution < 1.29 is 18.4 Å². The van der Waals surface area contributed by atoms with Crippen LogP contribution in [0.2, 0.25) is 0 Å². The zero-order chi connectivity index (χ0) is 26.9. The second-order valence-corrected chi connectivity index (χ2v) is 11.9. The minimum atomic E-state index is -3.65. The van der Waals surface area contributed by atoms with E-state index >= 15 is 0 Å². The second kappa shape index (κ2) is 10.6. The van der Waals surface area contributed by atoms with E-state index < -0.39 is 15.7 Å². The van der Waals surface area contributed by atoms with Crippen molar-refractivity contribution in [2.24, 2.45) is 0 Å². The average molecular weight is 542 g/mol. The molecule has 1 N–H and O–H groups in total. The van der Waals surface area contributed by atoms with E-state index in [2.05, 4.69) is 12.1 Å². The fourth-order valence-electron chi connectivity index (χ4n) is 5.50. The van der Waals surface area contributed by atoms with Crippen molar-refractivity contribution >= 4 is 15.7 Å². The van der Waals surface area contributed by atoms with Crippen molar-refractivity contribution in [1.82, 2.24) is 9.31 Å². The number of benzene rings is 4. The topological polar surface area (TPSA) is 73.3 Å². The Labute approximate surface area is 229 Å². The molecule has 0 amide bonds. The number of nitrogens with zero attached hydrogens (tertiary/aromatic N) is 3. The first-order valence-corrected chi connectivity index (χ1v) is 14.6. The van der Waals surface area contributed by atoms with Crippen molar-refractivity contribution in [3.05, 3.63) is 109 Å². The first kappa shape index (κ1) is 25.7. The molecule has 4 aromatic carbocycles. The van der Waals surface area contributed by atoms with E-state index in [0.29, 0.717) is 44.8 Å². The van der Waals surface area contributed by atoms with Crippen LogP contribution in [-0.2, 0) is 14.8 Å². The van der Waals surface area contributed by atoms with E-state index in [9.17, 15) is 13.6 Å². The smallest absolute Gasteiger partial charge is 0.243 e. The fourth-order valence-corrected chi connectivity index (χ4v) is 6.94. The van der Waals surface area contributed by atoms with Crippen LogP contribution in [0, 0.1) is 0 Å². The summed E-state index contributed by atoms with van der Waals surface area (Å²) in [4.78, 5) is 0.282. The monoisotopic (exact) mass is 541 g/mol. The highest BCUT2D eigenvalue weighted by Crippen LogP contribution is 2.38. The Kier molecular flexibility index (Phi) is 6.97. The number of rotatable bonds is 6. The molecule has 2 fully saturated rings. The number of sulfonamides is 1. The first-order valence-electron chi connectivity index (χ1n) is 13.2. The van der Waals surface area contributed by atoms with E-state index in [1.807, 2.05) is 89.9 Å². The Bertz CT molecular complexity index is 1500. The first-order chi connectivity index (χ1) is 19.0. The van der Waals surface area contributed by atoms with Gasteiger partial charge in [0.15, 0.2) is 0 Å². The SMILES string of the molecule is O=S(=O)(c1ccc(-c2ccccc2)cc1)N1CCC2(CC1)OCCN2N(O)c1ccc(-c2ccccc2)cc1. The van der Waals surface area contributed by atoms with Gasteiger partial charge in [0.2, 0.25) is 10.0 Å². The lowest BCUT2D eigenvalue weighted by molar-refractivity contribution is -0.143. The number of ether oxygens (including phenoxy) is 1. The highest BCUT2D eigenvalue weighted by Gasteiger charge is 2.49. The van der Waals surface area contributed by atoms with E-state index in [4.69, 9.17) is 4.74 Å². The summed E-state index contributed by atoms with van der Waals surface area (Å²) in [6.45, 7) is 1.59. The lowest BCUT2D eigenvalue weighted by Gasteiger charge is -2.45. The summed E-state index contributed by atoms with van der Waals surface area (Å²) in [6.07, 6.45) is 0.904. The molecule has 0 unspecified atom stereocenters. The lowest BCUT2D eigenvalue weighted by Crippen LogP contribution is -2.58. The molecular weight excluding hydrogens is 510 g/mol. The Hall–Kier alpha value is -3.53. The predicted octanol–water partition coefficient (Wildman–Crippen LogP) is 5.64. The minimum Gasteiger partial charge on any atom is -0.357 e. The van der Waals surface area contributed by atoms with Gasteiger partial charge in [0, 0.05) is 32.5 Å². The molecule has 0 aromatic heterocycles. The third kappa shape index (κ3) is 4.97. The molecule has 39 heavy (non-hydrogen) atoms. The van der Waals surface area contributed by atoms with E-state index in [0.717, 1.165) is 27.4 Å². The molecule has 7 nitrogen and oxygen atoms in total. The van der Waals surface area contributed by atoms with Crippen molar-refractivity contribution in [2.75, 3.05) is 31.4 Å². The van der Waals surface area contributed by atoms with Crippen LogP contribution in [0.25, 0.3) is 22.3 Å². The second-order valence-electron chi connectivity index (χ2n) is 9.91. The van der Waals surface area contributed by atoms with Crippen molar-refractivity contribution in [2.45, 2.75) is 23.5 Å². The van der Waals surface area contributed by atoms with E-state index in [1.54, 1.807) is 12.1 Å². The van der Waals surface area contributed by atoms with Crippen LogP contribution in [0.15, 0.2) is 114 Å². The van der Waals surface area contributed by atoms with Gasteiger partial charge in [0.25, 0.3) is 0 Å². The van der Waals surface area contributed by atoms with Gasteiger partial charge in [0.05, 0.1) is 17.2 Å². The number of piperidine rings is 1. The van der Waals surface area contributed by atoms with E-state index in [1.165, 1.54) is 4.31 Å². The summed E-state index contributed by atoms with van der Waals surface area (Å²) >= 11 is 0. The largest absolute Gasteiger partial charge is 0.357 e. The molecule has 0 radical (unpaired) electrons. The number of hydrogen-bond acceptors (Lipinski definition) is 6. The van der Waals surface area contributed by atoms with Crippen LogP contribution < -0.4 is 5.17 Å². The Morgan fingerprint density at radius 2 is 1.15 bits per heavy atom. The molecule has 4 aromatic rings. The summed E-state index contributed by atoms with van der Waals surface area (Å²) in [5.74, 6) is 0. The minimum absolute atomic E-state index is 0.282. The molecule has 8 heteroatoms. The maximum Gasteiger partial charge on any atom is 0.243 e. The summed E-state index contributed by atoms with van der Waals surface area (Å²) in [5.41, 5.74) is 4.07. The fraction of sp³-hybridized carbons (Fsp3) is 0.226. The molecule has 0 saturated carbocycles. The summed E-state index contributed by atoms with van der Waals surface area (Å²) in [5, 5.41) is 14.2.